The average molecular weight is 295 g/mol. The number of esters is 1. The van der Waals surface area contributed by atoms with Crippen LogP contribution in [0.15, 0.2) is 0 Å². The summed E-state index contributed by atoms with van der Waals surface area (Å²) in [5.41, 5.74) is 0. The second-order valence-electron chi connectivity index (χ2n) is 5.41. The molecule has 0 radical (unpaired) electrons. The highest BCUT2D eigenvalue weighted by molar-refractivity contribution is 5.75. The quantitative estimate of drug-likeness (QED) is 0.708. The molecule has 0 N–H and O–H groups in total. The Balaban J connectivity index is 2.01. The largest absolute Gasteiger partial charge is 0.465 e. The molecule has 1 fully saturated rings. The van der Waals surface area contributed by atoms with Crippen molar-refractivity contribution in [1.29, 1.82) is 0 Å². The SMILES string of the molecule is CCCCn1nnnc1CN1CCCCC1C(=O)OCC. The molecule has 0 spiro atoms. The summed E-state index contributed by atoms with van der Waals surface area (Å²) in [4.78, 5) is 14.2. The van der Waals surface area contributed by atoms with Crippen molar-refractivity contribution >= 4 is 5.97 Å². The summed E-state index contributed by atoms with van der Waals surface area (Å²) in [6.45, 7) is 6.75. The number of ether oxygens (including phenoxy) is 1. The second-order valence-corrected chi connectivity index (χ2v) is 5.41. The maximum atomic E-state index is 12.1. The summed E-state index contributed by atoms with van der Waals surface area (Å²) in [6.07, 6.45) is 5.19. The van der Waals surface area contributed by atoms with Gasteiger partial charge in [0.1, 0.15) is 6.04 Å². The zero-order chi connectivity index (χ0) is 15.1. The maximum Gasteiger partial charge on any atom is 0.323 e. The van der Waals surface area contributed by atoms with Crippen molar-refractivity contribution < 1.29 is 9.53 Å². The van der Waals surface area contributed by atoms with Crippen molar-refractivity contribution in [1.82, 2.24) is 25.1 Å². The van der Waals surface area contributed by atoms with Gasteiger partial charge in [0, 0.05) is 6.54 Å². The van der Waals surface area contributed by atoms with Crippen LogP contribution >= 0.6 is 0 Å². The van der Waals surface area contributed by atoms with E-state index in [0.717, 1.165) is 51.0 Å². The van der Waals surface area contributed by atoms with Crippen molar-refractivity contribution in [3.63, 3.8) is 0 Å². The van der Waals surface area contributed by atoms with Crippen LogP contribution in [0.2, 0.25) is 0 Å². The fourth-order valence-electron chi connectivity index (χ4n) is 2.69. The number of tetrazole rings is 1. The number of likely N-dealkylation sites (tertiary alicyclic amines) is 1. The average Bonchev–Trinajstić information content (AvgIpc) is 2.93. The smallest absolute Gasteiger partial charge is 0.323 e. The Morgan fingerprint density at radius 2 is 2.24 bits per heavy atom. The Morgan fingerprint density at radius 3 is 3.00 bits per heavy atom. The number of aromatic nitrogens is 4. The van der Waals surface area contributed by atoms with Crippen molar-refractivity contribution in [2.45, 2.75) is 65.1 Å². The summed E-state index contributed by atoms with van der Waals surface area (Å²) in [5.74, 6) is 0.712. The van der Waals surface area contributed by atoms with Gasteiger partial charge in [-0.2, -0.15) is 0 Å². The van der Waals surface area contributed by atoms with E-state index in [4.69, 9.17) is 4.74 Å². The number of carbonyl (C=O) groups is 1. The van der Waals surface area contributed by atoms with E-state index in [0.29, 0.717) is 13.2 Å². The Bertz CT molecular complexity index is 448. The van der Waals surface area contributed by atoms with E-state index in [1.165, 1.54) is 0 Å². The number of carbonyl (C=O) groups excluding carboxylic acids is 1. The number of hydrogen-bond acceptors (Lipinski definition) is 6. The lowest BCUT2D eigenvalue weighted by Crippen LogP contribution is -2.45. The molecule has 0 amide bonds. The van der Waals surface area contributed by atoms with E-state index in [1.54, 1.807) is 0 Å². The third-order valence-corrected chi connectivity index (χ3v) is 3.85. The number of piperidine rings is 1. The van der Waals surface area contributed by atoms with Crippen LogP contribution in [0.5, 0.6) is 0 Å². The lowest BCUT2D eigenvalue weighted by Gasteiger charge is -2.33. The van der Waals surface area contributed by atoms with Gasteiger partial charge in [-0.25, -0.2) is 4.68 Å². The highest BCUT2D eigenvalue weighted by atomic mass is 16.5. The van der Waals surface area contributed by atoms with Crippen LogP contribution in [-0.2, 0) is 22.6 Å². The molecule has 1 saturated heterocycles. The highest BCUT2D eigenvalue weighted by Gasteiger charge is 2.30. The van der Waals surface area contributed by atoms with Crippen LogP contribution < -0.4 is 0 Å². The minimum atomic E-state index is -0.157. The molecule has 0 saturated carbocycles. The first kappa shape index (κ1) is 15.9. The molecule has 1 aromatic rings. The first-order chi connectivity index (χ1) is 10.3. The summed E-state index contributed by atoms with van der Waals surface area (Å²) < 4.78 is 7.03. The van der Waals surface area contributed by atoms with Crippen LogP contribution in [0.25, 0.3) is 0 Å². The molecular formula is C14H25N5O2. The van der Waals surface area contributed by atoms with Crippen molar-refractivity contribution in [3.8, 4) is 0 Å². The predicted octanol–water partition coefficient (Wildman–Crippen LogP) is 1.39. The summed E-state index contributed by atoms with van der Waals surface area (Å²) >= 11 is 0. The highest BCUT2D eigenvalue weighted by Crippen LogP contribution is 2.20. The van der Waals surface area contributed by atoms with Gasteiger partial charge in [-0.1, -0.05) is 19.8 Å². The molecule has 0 aromatic carbocycles. The third-order valence-electron chi connectivity index (χ3n) is 3.85. The van der Waals surface area contributed by atoms with Crippen LogP contribution in [0, 0.1) is 0 Å². The zero-order valence-corrected chi connectivity index (χ0v) is 13.0. The van der Waals surface area contributed by atoms with Gasteiger partial charge in [-0.15, -0.1) is 5.10 Å². The Morgan fingerprint density at radius 1 is 1.38 bits per heavy atom. The molecule has 0 bridgehead atoms. The van der Waals surface area contributed by atoms with E-state index >= 15 is 0 Å². The fourth-order valence-corrected chi connectivity index (χ4v) is 2.69. The predicted molar refractivity (Wildman–Crippen MR) is 77.4 cm³/mol. The van der Waals surface area contributed by atoms with Crippen LogP contribution in [-0.4, -0.2) is 50.3 Å². The van der Waals surface area contributed by atoms with Crippen LogP contribution in [0.3, 0.4) is 0 Å². The molecule has 2 rings (SSSR count). The summed E-state index contributed by atoms with van der Waals surface area (Å²) in [6, 6.07) is -0.157. The van der Waals surface area contributed by atoms with Gasteiger partial charge in [-0.05, 0) is 43.2 Å². The van der Waals surface area contributed by atoms with E-state index in [-0.39, 0.29) is 12.0 Å². The second kappa shape index (κ2) is 8.07. The molecule has 0 aliphatic carbocycles. The topological polar surface area (TPSA) is 73.1 Å². The van der Waals surface area contributed by atoms with Crippen molar-refractivity contribution in [2.75, 3.05) is 13.2 Å². The summed E-state index contributed by atoms with van der Waals surface area (Å²) in [5, 5.41) is 11.9. The fraction of sp³-hybridized carbons (Fsp3) is 0.857. The van der Waals surface area contributed by atoms with Gasteiger partial charge in [0.25, 0.3) is 0 Å². The van der Waals surface area contributed by atoms with E-state index < -0.39 is 0 Å². The van der Waals surface area contributed by atoms with Crippen molar-refractivity contribution in [3.05, 3.63) is 5.82 Å². The van der Waals surface area contributed by atoms with Gasteiger partial charge < -0.3 is 4.74 Å². The molecule has 2 heterocycles. The number of nitrogens with zero attached hydrogens (tertiary/aromatic N) is 5. The first-order valence-electron chi connectivity index (χ1n) is 7.92. The molecule has 1 unspecified atom stereocenters. The lowest BCUT2D eigenvalue weighted by molar-refractivity contribution is -0.151. The van der Waals surface area contributed by atoms with Gasteiger partial charge in [-0.3, -0.25) is 9.69 Å². The minimum Gasteiger partial charge on any atom is -0.465 e. The number of aryl methyl sites for hydroxylation is 1. The number of hydrogen-bond donors (Lipinski definition) is 0. The summed E-state index contributed by atoms with van der Waals surface area (Å²) in [7, 11) is 0. The van der Waals surface area contributed by atoms with Gasteiger partial charge in [0.05, 0.1) is 13.2 Å². The maximum absolute atomic E-state index is 12.1. The Labute approximate surface area is 125 Å². The Hall–Kier alpha value is -1.50. The van der Waals surface area contributed by atoms with E-state index in [9.17, 15) is 4.79 Å². The van der Waals surface area contributed by atoms with Crippen LogP contribution in [0.1, 0.15) is 51.8 Å². The molecular weight excluding hydrogens is 270 g/mol. The van der Waals surface area contributed by atoms with E-state index in [2.05, 4.69) is 27.3 Å². The molecule has 1 aliphatic rings. The van der Waals surface area contributed by atoms with Gasteiger partial charge in [0.15, 0.2) is 5.82 Å². The van der Waals surface area contributed by atoms with Gasteiger partial charge >= 0.3 is 5.97 Å². The molecule has 118 valence electrons. The number of rotatable bonds is 7. The number of unbranched alkanes of at least 4 members (excludes halogenated alkanes) is 1. The molecule has 21 heavy (non-hydrogen) atoms. The molecule has 7 nitrogen and oxygen atoms in total. The molecule has 7 heteroatoms. The minimum absolute atomic E-state index is 0.121. The standard InChI is InChI=1S/C14H25N5O2/c1-3-5-10-19-13(15-16-17-19)11-18-9-7-6-8-12(18)14(20)21-4-2/h12H,3-11H2,1-2H3. The van der Waals surface area contributed by atoms with E-state index in [1.807, 2.05) is 11.6 Å². The molecule has 1 atom stereocenters. The normalized spacial score (nSPS) is 19.6. The zero-order valence-electron chi connectivity index (χ0n) is 13.0. The molecule has 1 aliphatic heterocycles. The van der Waals surface area contributed by atoms with Crippen molar-refractivity contribution in [2.24, 2.45) is 0 Å². The van der Waals surface area contributed by atoms with Gasteiger partial charge in [0.2, 0.25) is 0 Å². The molecule has 1 aromatic heterocycles. The third kappa shape index (κ3) is 4.23. The first-order valence-corrected chi connectivity index (χ1v) is 7.92. The monoisotopic (exact) mass is 295 g/mol. The Kier molecular flexibility index (Phi) is 6.10. The van der Waals surface area contributed by atoms with Crippen LogP contribution in [0.4, 0.5) is 0 Å². The lowest BCUT2D eigenvalue weighted by atomic mass is 10.0.